The Hall–Kier alpha value is -0.500. The van der Waals surface area contributed by atoms with E-state index in [-0.39, 0.29) is 6.04 Å². The molecule has 1 aromatic rings. The van der Waals surface area contributed by atoms with Crippen molar-refractivity contribution in [2.75, 3.05) is 18.6 Å². The first-order valence-corrected chi connectivity index (χ1v) is 8.08. The summed E-state index contributed by atoms with van der Waals surface area (Å²) in [6.45, 7) is 0.318. The molecule has 1 aromatic heterocycles. The fraction of sp³-hybridized carbons (Fsp3) is 0.600. The van der Waals surface area contributed by atoms with Crippen molar-refractivity contribution in [3.05, 3.63) is 18.0 Å². The average molecular weight is 275 g/mol. The summed E-state index contributed by atoms with van der Waals surface area (Å²) in [5, 5.41) is 0. The summed E-state index contributed by atoms with van der Waals surface area (Å²) < 4.78 is 26.1. The summed E-state index contributed by atoms with van der Waals surface area (Å²) in [5.74, 6) is 1.91. The highest BCUT2D eigenvalue weighted by Gasteiger charge is 2.30. The normalized spacial score (nSPS) is 21.2. The highest BCUT2D eigenvalue weighted by Crippen LogP contribution is 2.26. The number of aromatic nitrogens is 1. The van der Waals surface area contributed by atoms with Crippen molar-refractivity contribution >= 4 is 21.8 Å². The minimum absolute atomic E-state index is 0.112. The molecule has 1 saturated heterocycles. The van der Waals surface area contributed by atoms with Gasteiger partial charge in [0, 0.05) is 37.3 Å². The average Bonchev–Trinajstić information content (AvgIpc) is 2.98. The van der Waals surface area contributed by atoms with Crippen LogP contribution in [-0.2, 0) is 16.6 Å². The number of sulfonamides is 1. The Labute approximate surface area is 106 Å². The molecule has 17 heavy (non-hydrogen) atoms. The Morgan fingerprint density at radius 2 is 2.41 bits per heavy atom. The third kappa shape index (κ3) is 2.52. The smallest absolute Gasteiger partial charge is 0.244 e. The number of hydrogen-bond donors (Lipinski definition) is 2. The topological polar surface area (TPSA) is 79.2 Å². The van der Waals surface area contributed by atoms with E-state index in [9.17, 15) is 8.42 Å². The molecule has 1 aliphatic rings. The van der Waals surface area contributed by atoms with E-state index in [1.54, 1.807) is 24.9 Å². The van der Waals surface area contributed by atoms with Gasteiger partial charge in [0.2, 0.25) is 10.0 Å². The summed E-state index contributed by atoms with van der Waals surface area (Å²) in [6.07, 6.45) is 2.44. The van der Waals surface area contributed by atoms with Gasteiger partial charge in [0.15, 0.2) is 0 Å². The lowest BCUT2D eigenvalue weighted by Crippen LogP contribution is -2.36. The number of thioether (sulfide) groups is 1. The molecular formula is C10H17N3O2S2. The van der Waals surface area contributed by atoms with Gasteiger partial charge in [-0.3, -0.25) is 0 Å². The van der Waals surface area contributed by atoms with Crippen LogP contribution in [-0.4, -0.2) is 42.3 Å². The molecule has 7 heteroatoms. The number of nitrogens with two attached hydrogens (primary N) is 1. The molecular weight excluding hydrogens is 258 g/mol. The Balaban J connectivity index is 2.22. The molecule has 0 bridgehead atoms. The van der Waals surface area contributed by atoms with Gasteiger partial charge in [-0.25, -0.2) is 8.42 Å². The van der Waals surface area contributed by atoms with E-state index >= 15 is 0 Å². The second-order valence-electron chi connectivity index (χ2n) is 4.10. The Morgan fingerprint density at radius 1 is 1.65 bits per heavy atom. The predicted octanol–water partition coefficient (Wildman–Crippen LogP) is 0.599. The Kier molecular flexibility index (Phi) is 3.82. The maximum Gasteiger partial charge on any atom is 0.244 e. The summed E-state index contributed by atoms with van der Waals surface area (Å²) in [6, 6.07) is 1.72. The molecule has 1 aliphatic heterocycles. The molecule has 1 atom stereocenters. The lowest BCUT2D eigenvalue weighted by atomic mass is 10.3. The second-order valence-corrected chi connectivity index (χ2v) is 7.25. The monoisotopic (exact) mass is 275 g/mol. The first kappa shape index (κ1) is 12.9. The van der Waals surface area contributed by atoms with Crippen LogP contribution in [0.4, 0.5) is 0 Å². The van der Waals surface area contributed by atoms with E-state index in [0.29, 0.717) is 11.4 Å². The Morgan fingerprint density at radius 3 is 2.94 bits per heavy atom. The molecule has 0 saturated carbocycles. The zero-order chi connectivity index (χ0) is 12.5. The number of nitrogens with zero attached hydrogens (tertiary/aromatic N) is 1. The summed E-state index contributed by atoms with van der Waals surface area (Å²) in [4.78, 5) is 3.17. The second kappa shape index (κ2) is 5.01. The molecule has 5 nitrogen and oxygen atoms in total. The summed E-state index contributed by atoms with van der Waals surface area (Å²) >= 11 is 1.80. The lowest BCUT2D eigenvalue weighted by molar-refractivity contribution is 0.394. The summed E-state index contributed by atoms with van der Waals surface area (Å²) in [7, 11) is -1.72. The van der Waals surface area contributed by atoms with Gasteiger partial charge in [-0.15, -0.1) is 0 Å². The minimum atomic E-state index is -3.38. The zero-order valence-corrected chi connectivity index (χ0v) is 11.4. The van der Waals surface area contributed by atoms with Crippen molar-refractivity contribution < 1.29 is 8.42 Å². The van der Waals surface area contributed by atoms with E-state index in [1.807, 2.05) is 0 Å². The predicted molar refractivity (Wildman–Crippen MR) is 69.4 cm³/mol. The van der Waals surface area contributed by atoms with Gasteiger partial charge in [0.05, 0.1) is 4.90 Å². The van der Waals surface area contributed by atoms with Crippen LogP contribution in [0.1, 0.15) is 12.1 Å². The molecule has 0 aliphatic carbocycles. The maximum absolute atomic E-state index is 12.3. The fourth-order valence-corrected chi connectivity index (χ4v) is 4.62. The van der Waals surface area contributed by atoms with Crippen molar-refractivity contribution in [3.8, 4) is 0 Å². The van der Waals surface area contributed by atoms with Crippen molar-refractivity contribution in [1.29, 1.82) is 0 Å². The largest absolute Gasteiger partial charge is 0.363 e. The first-order valence-electron chi connectivity index (χ1n) is 5.49. The van der Waals surface area contributed by atoms with Crippen LogP contribution >= 0.6 is 11.8 Å². The number of hydrogen-bond acceptors (Lipinski definition) is 4. The highest BCUT2D eigenvalue weighted by molar-refractivity contribution is 7.99. The van der Waals surface area contributed by atoms with Crippen molar-refractivity contribution in [2.45, 2.75) is 23.9 Å². The van der Waals surface area contributed by atoms with Gasteiger partial charge in [-0.05, 0) is 18.2 Å². The molecule has 0 spiro atoms. The molecule has 96 valence electrons. The molecule has 1 fully saturated rings. The van der Waals surface area contributed by atoms with E-state index < -0.39 is 10.0 Å². The third-order valence-electron chi connectivity index (χ3n) is 3.03. The molecule has 0 radical (unpaired) electrons. The highest BCUT2D eigenvalue weighted by atomic mass is 32.2. The quantitative estimate of drug-likeness (QED) is 0.843. The van der Waals surface area contributed by atoms with Crippen molar-refractivity contribution in [2.24, 2.45) is 5.73 Å². The van der Waals surface area contributed by atoms with E-state index in [0.717, 1.165) is 23.6 Å². The summed E-state index contributed by atoms with van der Waals surface area (Å²) in [5.41, 5.74) is 6.20. The van der Waals surface area contributed by atoms with E-state index in [2.05, 4.69) is 4.98 Å². The SMILES string of the molecule is CN(C1CCSC1)S(=O)(=O)c1c[nH]c(CN)c1. The third-order valence-corrected chi connectivity index (χ3v) is 6.07. The van der Waals surface area contributed by atoms with Gasteiger partial charge in [0.1, 0.15) is 0 Å². The molecule has 2 rings (SSSR count). The van der Waals surface area contributed by atoms with Gasteiger partial charge in [-0.2, -0.15) is 16.1 Å². The number of H-pyrrole nitrogens is 1. The van der Waals surface area contributed by atoms with E-state index in [1.165, 1.54) is 10.5 Å². The van der Waals surface area contributed by atoms with Crippen LogP contribution in [0.25, 0.3) is 0 Å². The van der Waals surface area contributed by atoms with Crippen molar-refractivity contribution in [1.82, 2.24) is 9.29 Å². The molecule has 2 heterocycles. The molecule has 3 N–H and O–H groups in total. The van der Waals surface area contributed by atoms with Crippen LogP contribution < -0.4 is 5.73 Å². The standard InChI is InChI=1S/C10H17N3O2S2/c1-13(9-2-3-16-7-9)17(14,15)10-4-8(5-11)12-6-10/h4,6,9,12H,2-3,5,7,11H2,1H3. The van der Waals surface area contributed by atoms with Crippen LogP contribution in [0.15, 0.2) is 17.2 Å². The van der Waals surface area contributed by atoms with Gasteiger partial charge in [-0.1, -0.05) is 0 Å². The van der Waals surface area contributed by atoms with Crippen LogP contribution in [0.3, 0.4) is 0 Å². The van der Waals surface area contributed by atoms with Gasteiger partial charge < -0.3 is 10.7 Å². The van der Waals surface area contributed by atoms with Gasteiger partial charge in [0.25, 0.3) is 0 Å². The maximum atomic E-state index is 12.3. The van der Waals surface area contributed by atoms with Crippen LogP contribution in [0.2, 0.25) is 0 Å². The van der Waals surface area contributed by atoms with Crippen LogP contribution in [0.5, 0.6) is 0 Å². The number of aromatic amines is 1. The number of nitrogens with one attached hydrogen (secondary N) is 1. The molecule has 1 unspecified atom stereocenters. The fourth-order valence-electron chi connectivity index (χ4n) is 1.86. The molecule has 0 amide bonds. The van der Waals surface area contributed by atoms with E-state index in [4.69, 9.17) is 5.73 Å². The Bertz CT molecular complexity index is 477. The zero-order valence-electron chi connectivity index (χ0n) is 9.72. The van der Waals surface area contributed by atoms with Crippen LogP contribution in [0, 0.1) is 0 Å². The minimum Gasteiger partial charge on any atom is -0.363 e. The number of rotatable bonds is 4. The van der Waals surface area contributed by atoms with Crippen molar-refractivity contribution in [3.63, 3.8) is 0 Å². The lowest BCUT2D eigenvalue weighted by Gasteiger charge is -2.22. The van der Waals surface area contributed by atoms with Gasteiger partial charge >= 0.3 is 0 Å². The first-order chi connectivity index (χ1) is 8.05. The molecule has 0 aromatic carbocycles.